The van der Waals surface area contributed by atoms with Crippen LogP contribution < -0.4 is 11.3 Å². The molecular weight excluding hydrogens is 198 g/mol. The van der Waals surface area contributed by atoms with E-state index in [9.17, 15) is 4.79 Å². The van der Waals surface area contributed by atoms with Crippen molar-refractivity contribution < 1.29 is 14.3 Å². The summed E-state index contributed by atoms with van der Waals surface area (Å²) in [6.45, 7) is 1.19. The predicted octanol–water partition coefficient (Wildman–Crippen LogP) is -0.693. The van der Waals surface area contributed by atoms with E-state index in [-0.39, 0.29) is 12.5 Å². The van der Waals surface area contributed by atoms with E-state index in [1.807, 2.05) is 17.4 Å². The van der Waals surface area contributed by atoms with Gasteiger partial charge < -0.3 is 9.52 Å². The standard InChI is InChI=1S/C9H15N3O3/c1-12(2-3-13)5-8-4-7(6-15-8)9(14)11-10/h4,6,13H,2-3,5,10H2,1H3,(H,11,14). The number of amides is 1. The Kier molecular flexibility index (Phi) is 4.29. The lowest BCUT2D eigenvalue weighted by atomic mass is 10.3. The Bertz CT molecular complexity index is 324. The first-order chi connectivity index (χ1) is 7.17. The molecule has 0 saturated heterocycles. The number of rotatable bonds is 5. The molecule has 15 heavy (non-hydrogen) atoms. The Morgan fingerprint density at radius 3 is 3.07 bits per heavy atom. The molecule has 1 amide bonds. The van der Waals surface area contributed by atoms with Gasteiger partial charge in [0.1, 0.15) is 12.0 Å². The number of carbonyl (C=O) groups excluding carboxylic acids is 1. The third-order valence-electron chi connectivity index (χ3n) is 1.95. The van der Waals surface area contributed by atoms with E-state index in [1.54, 1.807) is 6.07 Å². The fourth-order valence-electron chi connectivity index (χ4n) is 1.18. The zero-order valence-electron chi connectivity index (χ0n) is 8.56. The quantitative estimate of drug-likeness (QED) is 0.342. The van der Waals surface area contributed by atoms with Crippen LogP contribution in [0.2, 0.25) is 0 Å². The van der Waals surface area contributed by atoms with Gasteiger partial charge in [0.15, 0.2) is 0 Å². The van der Waals surface area contributed by atoms with Gasteiger partial charge in [-0.15, -0.1) is 0 Å². The molecule has 1 rings (SSSR count). The SMILES string of the molecule is CN(CCO)Cc1cc(C(=O)NN)co1. The molecule has 1 aromatic rings. The Labute approximate surface area is 87.6 Å². The number of nitrogens with one attached hydrogen (secondary N) is 1. The Morgan fingerprint density at radius 1 is 1.73 bits per heavy atom. The van der Waals surface area contributed by atoms with Gasteiger partial charge in [-0.1, -0.05) is 0 Å². The van der Waals surface area contributed by atoms with Crippen molar-refractivity contribution in [2.75, 3.05) is 20.2 Å². The van der Waals surface area contributed by atoms with Gasteiger partial charge in [0.05, 0.1) is 18.7 Å². The number of nitrogens with zero attached hydrogens (tertiary/aromatic N) is 1. The van der Waals surface area contributed by atoms with Gasteiger partial charge in [0, 0.05) is 6.54 Å². The highest BCUT2D eigenvalue weighted by atomic mass is 16.3. The Morgan fingerprint density at radius 2 is 2.47 bits per heavy atom. The lowest BCUT2D eigenvalue weighted by Crippen LogP contribution is -2.29. The molecule has 6 heteroatoms. The molecule has 0 atom stereocenters. The predicted molar refractivity (Wildman–Crippen MR) is 53.8 cm³/mol. The van der Waals surface area contributed by atoms with Crippen LogP contribution in [0, 0.1) is 0 Å². The number of hydrazine groups is 1. The van der Waals surface area contributed by atoms with Gasteiger partial charge >= 0.3 is 0 Å². The Balaban J connectivity index is 2.56. The number of carbonyl (C=O) groups is 1. The number of aliphatic hydroxyl groups is 1. The minimum absolute atomic E-state index is 0.0906. The first-order valence-corrected chi connectivity index (χ1v) is 4.55. The molecule has 0 saturated carbocycles. The molecule has 0 aliphatic heterocycles. The van der Waals surface area contributed by atoms with Gasteiger partial charge in [-0.25, -0.2) is 5.84 Å². The summed E-state index contributed by atoms with van der Waals surface area (Å²) in [7, 11) is 1.85. The fraction of sp³-hybridized carbons (Fsp3) is 0.444. The average Bonchev–Trinajstić information content (AvgIpc) is 2.65. The molecule has 0 radical (unpaired) electrons. The minimum Gasteiger partial charge on any atom is -0.467 e. The summed E-state index contributed by atoms with van der Waals surface area (Å²) < 4.78 is 5.16. The fourth-order valence-corrected chi connectivity index (χ4v) is 1.18. The van der Waals surface area contributed by atoms with Crippen molar-refractivity contribution in [3.05, 3.63) is 23.7 Å². The van der Waals surface area contributed by atoms with E-state index in [4.69, 9.17) is 15.4 Å². The molecule has 0 aliphatic carbocycles. The number of furan rings is 1. The van der Waals surface area contributed by atoms with E-state index in [0.717, 1.165) is 0 Å². The topological polar surface area (TPSA) is 91.7 Å². The number of aliphatic hydroxyl groups excluding tert-OH is 1. The van der Waals surface area contributed by atoms with Gasteiger partial charge in [-0.3, -0.25) is 15.1 Å². The van der Waals surface area contributed by atoms with Crippen LogP contribution in [0.1, 0.15) is 16.1 Å². The maximum absolute atomic E-state index is 11.1. The normalized spacial score (nSPS) is 10.7. The lowest BCUT2D eigenvalue weighted by Gasteiger charge is -2.12. The summed E-state index contributed by atoms with van der Waals surface area (Å²) in [4.78, 5) is 13.0. The molecule has 0 fully saturated rings. The maximum atomic E-state index is 11.1. The van der Waals surface area contributed by atoms with Crippen LogP contribution in [0.3, 0.4) is 0 Å². The summed E-state index contributed by atoms with van der Waals surface area (Å²) in [6.07, 6.45) is 1.35. The van der Waals surface area contributed by atoms with Crippen molar-refractivity contribution in [2.24, 2.45) is 5.84 Å². The van der Waals surface area contributed by atoms with Crippen molar-refractivity contribution in [3.63, 3.8) is 0 Å². The van der Waals surface area contributed by atoms with Crippen molar-refractivity contribution in [1.29, 1.82) is 0 Å². The molecule has 0 unspecified atom stereocenters. The highest BCUT2D eigenvalue weighted by Crippen LogP contribution is 2.09. The summed E-state index contributed by atoms with van der Waals surface area (Å²) in [5, 5.41) is 8.69. The van der Waals surface area contributed by atoms with Crippen molar-refractivity contribution in [1.82, 2.24) is 10.3 Å². The highest BCUT2D eigenvalue weighted by Gasteiger charge is 2.09. The van der Waals surface area contributed by atoms with Crippen LogP contribution in [-0.2, 0) is 6.54 Å². The third kappa shape index (κ3) is 3.35. The largest absolute Gasteiger partial charge is 0.467 e. The van der Waals surface area contributed by atoms with Gasteiger partial charge in [-0.05, 0) is 13.1 Å². The molecule has 0 aliphatic rings. The van der Waals surface area contributed by atoms with Gasteiger partial charge in [0.25, 0.3) is 5.91 Å². The van der Waals surface area contributed by atoms with Crippen LogP contribution in [0.25, 0.3) is 0 Å². The zero-order valence-corrected chi connectivity index (χ0v) is 8.56. The smallest absolute Gasteiger partial charge is 0.268 e. The van der Waals surface area contributed by atoms with E-state index in [0.29, 0.717) is 24.4 Å². The minimum atomic E-state index is -0.380. The van der Waals surface area contributed by atoms with E-state index in [1.165, 1.54) is 6.26 Å². The van der Waals surface area contributed by atoms with Crippen LogP contribution in [0.15, 0.2) is 16.7 Å². The first kappa shape index (κ1) is 11.7. The molecule has 1 aromatic heterocycles. The summed E-state index contributed by atoms with van der Waals surface area (Å²) >= 11 is 0. The van der Waals surface area contributed by atoms with Crippen molar-refractivity contribution in [2.45, 2.75) is 6.54 Å². The van der Waals surface area contributed by atoms with E-state index in [2.05, 4.69) is 0 Å². The van der Waals surface area contributed by atoms with Crippen LogP contribution in [0.5, 0.6) is 0 Å². The molecule has 0 aromatic carbocycles. The van der Waals surface area contributed by atoms with Crippen LogP contribution >= 0.6 is 0 Å². The molecule has 0 spiro atoms. The van der Waals surface area contributed by atoms with Crippen LogP contribution in [0.4, 0.5) is 0 Å². The lowest BCUT2D eigenvalue weighted by molar-refractivity contribution is 0.0953. The zero-order chi connectivity index (χ0) is 11.3. The summed E-state index contributed by atoms with van der Waals surface area (Å²) in [5.41, 5.74) is 2.41. The number of hydrogen-bond acceptors (Lipinski definition) is 5. The number of hydrogen-bond donors (Lipinski definition) is 3. The number of nitrogen functional groups attached to an aromatic ring is 1. The third-order valence-corrected chi connectivity index (χ3v) is 1.95. The second-order valence-electron chi connectivity index (χ2n) is 3.24. The average molecular weight is 213 g/mol. The molecule has 4 N–H and O–H groups in total. The van der Waals surface area contributed by atoms with E-state index >= 15 is 0 Å². The molecule has 1 heterocycles. The first-order valence-electron chi connectivity index (χ1n) is 4.55. The number of likely N-dealkylation sites (N-methyl/N-ethyl adjacent to an activating group) is 1. The van der Waals surface area contributed by atoms with Crippen LogP contribution in [-0.4, -0.2) is 36.1 Å². The second kappa shape index (κ2) is 5.50. The van der Waals surface area contributed by atoms with E-state index < -0.39 is 0 Å². The number of nitrogens with two attached hydrogens (primary N) is 1. The van der Waals surface area contributed by atoms with Gasteiger partial charge in [-0.2, -0.15) is 0 Å². The summed E-state index contributed by atoms with van der Waals surface area (Å²) in [6, 6.07) is 1.62. The molecule has 84 valence electrons. The highest BCUT2D eigenvalue weighted by molar-refractivity contribution is 5.93. The summed E-state index contributed by atoms with van der Waals surface area (Å²) in [5.74, 6) is 5.25. The maximum Gasteiger partial charge on any atom is 0.268 e. The van der Waals surface area contributed by atoms with Gasteiger partial charge in [0.2, 0.25) is 0 Å². The molecule has 0 bridgehead atoms. The second-order valence-corrected chi connectivity index (χ2v) is 3.24. The van der Waals surface area contributed by atoms with Crippen molar-refractivity contribution >= 4 is 5.91 Å². The molecular formula is C9H15N3O3. The van der Waals surface area contributed by atoms with Crippen molar-refractivity contribution in [3.8, 4) is 0 Å². The molecule has 6 nitrogen and oxygen atoms in total. The Hall–Kier alpha value is -1.37. The monoisotopic (exact) mass is 213 g/mol.